The molecule has 0 spiro atoms. The first-order valence-corrected chi connectivity index (χ1v) is 8.60. The van der Waals surface area contributed by atoms with E-state index in [9.17, 15) is 18.0 Å². The molecule has 1 aromatic carbocycles. The van der Waals surface area contributed by atoms with Crippen molar-refractivity contribution in [3.8, 4) is 0 Å². The van der Waals surface area contributed by atoms with Crippen LogP contribution in [0.3, 0.4) is 0 Å². The summed E-state index contributed by atoms with van der Waals surface area (Å²) in [6.07, 6.45) is -3.16. The number of hydrogen-bond acceptors (Lipinski definition) is 5. The molecule has 0 atom stereocenters. The lowest BCUT2D eigenvalue weighted by molar-refractivity contribution is -0.137. The van der Waals surface area contributed by atoms with Gasteiger partial charge in [0.1, 0.15) is 0 Å². The minimum absolute atomic E-state index is 0.0719. The predicted molar refractivity (Wildman–Crippen MR) is 93.8 cm³/mol. The van der Waals surface area contributed by atoms with Crippen molar-refractivity contribution in [2.75, 3.05) is 23.7 Å². The maximum Gasteiger partial charge on any atom is 0.416 e. The number of benzene rings is 1. The third-order valence-electron chi connectivity index (χ3n) is 4.59. The lowest BCUT2D eigenvalue weighted by Gasteiger charge is -2.30. The van der Waals surface area contributed by atoms with Gasteiger partial charge in [-0.1, -0.05) is 11.6 Å². The van der Waals surface area contributed by atoms with E-state index in [0.29, 0.717) is 43.0 Å². The van der Waals surface area contributed by atoms with E-state index in [-0.39, 0.29) is 24.3 Å². The molecule has 1 aliphatic rings. The first kappa shape index (κ1) is 19.0. The molecule has 7 nitrogen and oxygen atoms in total. The van der Waals surface area contributed by atoms with Gasteiger partial charge < -0.3 is 16.0 Å². The van der Waals surface area contributed by atoms with Gasteiger partial charge in [0.2, 0.25) is 17.8 Å². The molecular formula is C17H21F3N6O. The number of aromatic nitrogens is 3. The molecule has 0 unspecified atom stereocenters. The molecule has 2 aromatic rings. The Morgan fingerprint density at radius 2 is 2.04 bits per heavy atom. The first-order chi connectivity index (χ1) is 12.7. The van der Waals surface area contributed by atoms with E-state index in [1.54, 1.807) is 13.0 Å². The van der Waals surface area contributed by atoms with Crippen LogP contribution in [0, 0.1) is 12.8 Å². The van der Waals surface area contributed by atoms with Crippen LogP contribution in [0.5, 0.6) is 0 Å². The van der Waals surface area contributed by atoms with E-state index in [0.717, 1.165) is 12.1 Å². The number of nitrogen functional groups attached to an aromatic ring is 1. The molecule has 0 bridgehead atoms. The normalized spacial score (nSPS) is 15.8. The fraction of sp³-hybridized carbons (Fsp3) is 0.471. The summed E-state index contributed by atoms with van der Waals surface area (Å²) in [6, 6.07) is 3.81. The summed E-state index contributed by atoms with van der Waals surface area (Å²) in [5.74, 6) is 0.405. The minimum Gasteiger partial charge on any atom is -0.366 e. The largest absolute Gasteiger partial charge is 0.416 e. The summed E-state index contributed by atoms with van der Waals surface area (Å²) in [4.78, 5) is 18.4. The summed E-state index contributed by atoms with van der Waals surface area (Å²) in [6.45, 7) is 2.92. The monoisotopic (exact) mass is 382 g/mol. The lowest BCUT2D eigenvalue weighted by Crippen LogP contribution is -2.40. The molecule has 1 fully saturated rings. The number of alkyl halides is 3. The predicted octanol–water partition coefficient (Wildman–Crippen LogP) is 2.25. The molecular weight excluding hydrogens is 361 g/mol. The number of halogens is 3. The highest BCUT2D eigenvalue weighted by Gasteiger charge is 2.31. The smallest absolute Gasteiger partial charge is 0.366 e. The number of carbonyl (C=O) groups is 1. The minimum atomic E-state index is -4.40. The van der Waals surface area contributed by atoms with Crippen LogP contribution in [-0.2, 0) is 17.5 Å². The highest BCUT2D eigenvalue weighted by atomic mass is 19.4. The Morgan fingerprint density at radius 3 is 2.63 bits per heavy atom. The summed E-state index contributed by atoms with van der Waals surface area (Å²) in [5.41, 5.74) is 5.73. The first-order valence-electron chi connectivity index (χ1n) is 8.60. The van der Waals surface area contributed by atoms with Crippen LogP contribution in [0.15, 0.2) is 18.2 Å². The average molecular weight is 382 g/mol. The maximum atomic E-state index is 12.9. The highest BCUT2D eigenvalue weighted by molar-refractivity contribution is 5.79. The zero-order valence-corrected chi connectivity index (χ0v) is 14.8. The van der Waals surface area contributed by atoms with Gasteiger partial charge in [0.05, 0.1) is 5.56 Å². The van der Waals surface area contributed by atoms with Crippen molar-refractivity contribution in [3.05, 3.63) is 34.9 Å². The van der Waals surface area contributed by atoms with Crippen LogP contribution in [0.1, 0.15) is 29.5 Å². The number of piperidine rings is 1. The van der Waals surface area contributed by atoms with Crippen molar-refractivity contribution >= 4 is 17.8 Å². The lowest BCUT2D eigenvalue weighted by atomic mass is 9.96. The Balaban J connectivity index is 1.54. The number of H-pyrrole nitrogens is 1. The quantitative estimate of drug-likeness (QED) is 0.753. The highest BCUT2D eigenvalue weighted by Crippen LogP contribution is 2.30. The van der Waals surface area contributed by atoms with Gasteiger partial charge in [0, 0.05) is 25.6 Å². The zero-order chi connectivity index (χ0) is 19.6. The van der Waals surface area contributed by atoms with E-state index in [1.165, 1.54) is 0 Å². The van der Waals surface area contributed by atoms with Crippen LogP contribution in [0.2, 0.25) is 0 Å². The number of aromatic amines is 1. The number of amides is 1. The molecule has 1 aromatic heterocycles. The fourth-order valence-corrected chi connectivity index (χ4v) is 3.22. The van der Waals surface area contributed by atoms with Gasteiger partial charge in [-0.25, -0.2) is 5.10 Å². The van der Waals surface area contributed by atoms with Crippen LogP contribution in [0.25, 0.3) is 0 Å². The molecule has 146 valence electrons. The van der Waals surface area contributed by atoms with E-state index in [4.69, 9.17) is 5.73 Å². The molecule has 1 amide bonds. The number of carbonyl (C=O) groups excluding carboxylic acids is 1. The fourth-order valence-electron chi connectivity index (χ4n) is 3.22. The molecule has 0 radical (unpaired) electrons. The second-order valence-corrected chi connectivity index (χ2v) is 6.70. The van der Waals surface area contributed by atoms with E-state index in [1.807, 2.05) is 4.90 Å². The van der Waals surface area contributed by atoms with Crippen LogP contribution in [0.4, 0.5) is 25.1 Å². The van der Waals surface area contributed by atoms with Gasteiger partial charge in [-0.2, -0.15) is 18.2 Å². The second-order valence-electron chi connectivity index (χ2n) is 6.70. The van der Waals surface area contributed by atoms with Gasteiger partial charge in [-0.3, -0.25) is 4.79 Å². The average Bonchev–Trinajstić information content (AvgIpc) is 3.05. The van der Waals surface area contributed by atoms with Gasteiger partial charge in [-0.15, -0.1) is 5.10 Å². The van der Waals surface area contributed by atoms with Crippen molar-refractivity contribution in [3.63, 3.8) is 0 Å². The van der Waals surface area contributed by atoms with E-state index < -0.39 is 11.7 Å². The van der Waals surface area contributed by atoms with Crippen LogP contribution >= 0.6 is 0 Å². The molecule has 4 N–H and O–H groups in total. The second kappa shape index (κ2) is 7.45. The summed E-state index contributed by atoms with van der Waals surface area (Å²) in [5, 5.41) is 9.27. The standard InChI is InChI=1S/C17H21F3N6O/c1-10-6-11(8-13(7-10)17(18,19)20)9-22-14(27)12-2-4-26(5-3-12)16-23-15(21)24-25-16/h6-8,12H,2-5,9H2,1H3,(H,22,27)(H3,21,23,24,25). The summed E-state index contributed by atoms with van der Waals surface area (Å²) in [7, 11) is 0. The van der Waals surface area contributed by atoms with Crippen LogP contribution < -0.4 is 16.0 Å². The van der Waals surface area contributed by atoms with Crippen molar-refractivity contribution in [1.29, 1.82) is 0 Å². The van der Waals surface area contributed by atoms with Gasteiger partial charge in [-0.05, 0) is 37.5 Å². The number of anilines is 2. The van der Waals surface area contributed by atoms with Crippen molar-refractivity contribution in [2.45, 2.75) is 32.5 Å². The van der Waals surface area contributed by atoms with E-state index in [2.05, 4.69) is 20.5 Å². The Labute approximate surface area is 154 Å². The van der Waals surface area contributed by atoms with Crippen molar-refractivity contribution in [2.24, 2.45) is 5.92 Å². The third kappa shape index (κ3) is 4.69. The summed E-state index contributed by atoms with van der Waals surface area (Å²) >= 11 is 0. The number of hydrogen-bond donors (Lipinski definition) is 3. The number of nitrogens with two attached hydrogens (primary N) is 1. The molecule has 0 saturated carbocycles. The summed E-state index contributed by atoms with van der Waals surface area (Å²) < 4.78 is 38.7. The molecule has 1 aliphatic heterocycles. The number of rotatable bonds is 4. The van der Waals surface area contributed by atoms with Crippen LogP contribution in [-0.4, -0.2) is 34.2 Å². The maximum absolute atomic E-state index is 12.9. The Kier molecular flexibility index (Phi) is 5.24. The molecule has 27 heavy (non-hydrogen) atoms. The number of nitrogens with zero attached hydrogens (tertiary/aromatic N) is 3. The third-order valence-corrected chi connectivity index (χ3v) is 4.59. The van der Waals surface area contributed by atoms with Gasteiger partial charge >= 0.3 is 6.18 Å². The van der Waals surface area contributed by atoms with Gasteiger partial charge in [0.15, 0.2) is 0 Å². The van der Waals surface area contributed by atoms with Gasteiger partial charge in [0.25, 0.3) is 0 Å². The van der Waals surface area contributed by atoms with Crippen molar-refractivity contribution in [1.82, 2.24) is 20.5 Å². The topological polar surface area (TPSA) is 99.9 Å². The number of nitrogens with one attached hydrogen (secondary N) is 2. The Bertz CT molecular complexity index is 811. The molecule has 0 aliphatic carbocycles. The van der Waals surface area contributed by atoms with E-state index >= 15 is 0 Å². The molecule has 2 heterocycles. The Hall–Kier alpha value is -2.78. The zero-order valence-electron chi connectivity index (χ0n) is 14.8. The number of aryl methyl sites for hydroxylation is 1. The van der Waals surface area contributed by atoms with Crippen molar-refractivity contribution < 1.29 is 18.0 Å². The molecule has 10 heteroatoms. The SMILES string of the molecule is Cc1cc(CNC(=O)C2CCN(c3nc(N)n[nH]3)CC2)cc(C(F)(F)F)c1. The molecule has 3 rings (SSSR count). The molecule has 1 saturated heterocycles. The Morgan fingerprint density at radius 1 is 1.33 bits per heavy atom.